The lowest BCUT2D eigenvalue weighted by Gasteiger charge is -2.32. The summed E-state index contributed by atoms with van der Waals surface area (Å²) in [5, 5.41) is 7.43. The van der Waals surface area contributed by atoms with Gasteiger partial charge in [0, 0.05) is 49.8 Å². The predicted octanol–water partition coefficient (Wildman–Crippen LogP) is 2.72. The molecule has 0 radical (unpaired) electrons. The number of aromatic nitrogens is 3. The summed E-state index contributed by atoms with van der Waals surface area (Å²) in [4.78, 5) is 19.5. The minimum absolute atomic E-state index is 0.00508. The maximum absolute atomic E-state index is 12.7. The van der Waals surface area contributed by atoms with Crippen LogP contribution in [0.1, 0.15) is 34.5 Å². The highest BCUT2D eigenvalue weighted by molar-refractivity contribution is 5.94. The Morgan fingerprint density at radius 1 is 1.04 bits per heavy atom. The number of nitrogens with one attached hydrogen (secondary N) is 1. The van der Waals surface area contributed by atoms with Crippen molar-refractivity contribution in [2.45, 2.75) is 32.0 Å². The predicted molar refractivity (Wildman–Crippen MR) is 108 cm³/mol. The average molecular weight is 375 g/mol. The first-order valence-electron chi connectivity index (χ1n) is 9.76. The molecule has 4 rings (SSSR count). The van der Waals surface area contributed by atoms with Crippen LogP contribution in [-0.4, -0.2) is 44.7 Å². The Labute approximate surface area is 165 Å². The molecular formula is C22H25N5O. The van der Waals surface area contributed by atoms with Crippen LogP contribution in [-0.2, 0) is 13.1 Å². The van der Waals surface area contributed by atoms with Gasteiger partial charge in [-0.3, -0.25) is 19.4 Å². The standard InChI is InChI=1S/C22H25N5O/c28-22(19-6-3-5-18(15-19)16-27-12-4-11-24-27)25-20-8-13-26(14-9-20)17-21-7-1-2-10-23-21/h1-7,10-12,15,20H,8-9,13-14,16-17H2,(H,25,28). The van der Waals surface area contributed by atoms with Crippen molar-refractivity contribution in [2.75, 3.05) is 13.1 Å². The van der Waals surface area contributed by atoms with Gasteiger partial charge in [0.15, 0.2) is 0 Å². The molecule has 28 heavy (non-hydrogen) atoms. The summed E-state index contributed by atoms with van der Waals surface area (Å²) in [6, 6.07) is 15.9. The second kappa shape index (κ2) is 8.80. The Morgan fingerprint density at radius 2 is 1.93 bits per heavy atom. The Hall–Kier alpha value is -2.99. The van der Waals surface area contributed by atoms with Crippen molar-refractivity contribution in [1.29, 1.82) is 0 Å². The van der Waals surface area contributed by atoms with Gasteiger partial charge in [-0.15, -0.1) is 0 Å². The van der Waals surface area contributed by atoms with Crippen molar-refractivity contribution in [1.82, 2.24) is 25.0 Å². The van der Waals surface area contributed by atoms with Gasteiger partial charge >= 0.3 is 0 Å². The summed E-state index contributed by atoms with van der Waals surface area (Å²) in [7, 11) is 0. The number of carbonyl (C=O) groups is 1. The van der Waals surface area contributed by atoms with Crippen molar-refractivity contribution in [3.05, 3.63) is 83.9 Å². The van der Waals surface area contributed by atoms with Gasteiger partial charge in [-0.1, -0.05) is 18.2 Å². The van der Waals surface area contributed by atoms with Crippen molar-refractivity contribution in [3.8, 4) is 0 Å². The number of amides is 1. The van der Waals surface area contributed by atoms with Crippen LogP contribution in [0, 0.1) is 0 Å². The molecule has 0 atom stereocenters. The van der Waals surface area contributed by atoms with Crippen LogP contribution < -0.4 is 5.32 Å². The third-order valence-electron chi connectivity index (χ3n) is 5.13. The normalized spacial score (nSPS) is 15.4. The van der Waals surface area contributed by atoms with E-state index in [2.05, 4.69) is 26.4 Å². The van der Waals surface area contributed by atoms with Crippen molar-refractivity contribution in [3.63, 3.8) is 0 Å². The molecular weight excluding hydrogens is 350 g/mol. The zero-order valence-electron chi connectivity index (χ0n) is 15.9. The van der Waals surface area contributed by atoms with E-state index < -0.39 is 0 Å². The summed E-state index contributed by atoms with van der Waals surface area (Å²) in [6.45, 7) is 3.48. The van der Waals surface area contributed by atoms with E-state index in [0.29, 0.717) is 12.1 Å². The van der Waals surface area contributed by atoms with Gasteiger partial charge in [0.25, 0.3) is 5.91 Å². The van der Waals surface area contributed by atoms with Gasteiger partial charge in [-0.25, -0.2) is 0 Å². The molecule has 3 heterocycles. The second-order valence-corrected chi connectivity index (χ2v) is 7.25. The van der Waals surface area contributed by atoms with E-state index in [-0.39, 0.29) is 11.9 Å². The monoisotopic (exact) mass is 375 g/mol. The van der Waals surface area contributed by atoms with Crippen LogP contribution in [0.4, 0.5) is 0 Å². The maximum Gasteiger partial charge on any atom is 0.251 e. The van der Waals surface area contributed by atoms with Crippen molar-refractivity contribution < 1.29 is 4.79 Å². The van der Waals surface area contributed by atoms with E-state index >= 15 is 0 Å². The fraction of sp³-hybridized carbons (Fsp3) is 0.318. The molecule has 6 heteroatoms. The largest absolute Gasteiger partial charge is 0.349 e. The molecule has 0 aliphatic carbocycles. The zero-order valence-corrected chi connectivity index (χ0v) is 15.9. The van der Waals surface area contributed by atoms with Crippen LogP contribution in [0.3, 0.4) is 0 Å². The van der Waals surface area contributed by atoms with E-state index in [9.17, 15) is 4.79 Å². The highest BCUT2D eigenvalue weighted by Crippen LogP contribution is 2.14. The van der Waals surface area contributed by atoms with E-state index in [1.54, 1.807) is 6.20 Å². The van der Waals surface area contributed by atoms with Crippen LogP contribution in [0.25, 0.3) is 0 Å². The molecule has 0 spiro atoms. The molecule has 1 aliphatic rings. The van der Waals surface area contributed by atoms with Crippen LogP contribution in [0.15, 0.2) is 67.1 Å². The van der Waals surface area contributed by atoms with E-state index in [1.165, 1.54) is 0 Å². The number of carbonyl (C=O) groups excluding carboxylic acids is 1. The Bertz CT molecular complexity index is 886. The Kier molecular flexibility index (Phi) is 5.77. The molecule has 1 saturated heterocycles. The van der Waals surface area contributed by atoms with Gasteiger partial charge in [0.1, 0.15) is 0 Å². The third-order valence-corrected chi connectivity index (χ3v) is 5.13. The second-order valence-electron chi connectivity index (χ2n) is 7.25. The van der Waals surface area contributed by atoms with Crippen LogP contribution in [0.2, 0.25) is 0 Å². The minimum atomic E-state index is 0.00508. The molecule has 1 amide bonds. The molecule has 0 bridgehead atoms. The van der Waals surface area contributed by atoms with E-state index in [0.717, 1.165) is 43.7 Å². The molecule has 1 aromatic carbocycles. The number of rotatable bonds is 6. The summed E-state index contributed by atoms with van der Waals surface area (Å²) in [5.74, 6) is 0.00508. The summed E-state index contributed by atoms with van der Waals surface area (Å²) < 4.78 is 1.86. The summed E-state index contributed by atoms with van der Waals surface area (Å²) in [5.41, 5.74) is 2.88. The highest BCUT2D eigenvalue weighted by Gasteiger charge is 2.21. The molecule has 1 N–H and O–H groups in total. The molecule has 1 fully saturated rings. The molecule has 144 valence electrons. The SMILES string of the molecule is O=C(NC1CCN(Cc2ccccn2)CC1)c1cccc(Cn2cccn2)c1. The van der Waals surface area contributed by atoms with Gasteiger partial charge in [0.05, 0.1) is 12.2 Å². The number of benzene rings is 1. The van der Waals surface area contributed by atoms with Gasteiger partial charge < -0.3 is 5.32 Å². The molecule has 0 saturated carbocycles. The first kappa shape index (κ1) is 18.4. The van der Waals surface area contributed by atoms with Crippen molar-refractivity contribution in [2.24, 2.45) is 0 Å². The van der Waals surface area contributed by atoms with Gasteiger partial charge in [-0.05, 0) is 48.7 Å². The van der Waals surface area contributed by atoms with Gasteiger partial charge in [0.2, 0.25) is 0 Å². The fourth-order valence-electron chi connectivity index (χ4n) is 3.62. The summed E-state index contributed by atoms with van der Waals surface area (Å²) in [6.07, 6.45) is 7.45. The lowest BCUT2D eigenvalue weighted by atomic mass is 10.0. The molecule has 6 nitrogen and oxygen atoms in total. The van der Waals surface area contributed by atoms with Crippen LogP contribution >= 0.6 is 0 Å². The number of pyridine rings is 1. The zero-order chi connectivity index (χ0) is 19.2. The molecule has 2 aromatic heterocycles. The third kappa shape index (κ3) is 4.84. The number of likely N-dealkylation sites (tertiary alicyclic amines) is 1. The van der Waals surface area contributed by atoms with E-state index in [4.69, 9.17) is 0 Å². The van der Waals surface area contributed by atoms with Gasteiger partial charge in [-0.2, -0.15) is 5.10 Å². The number of nitrogens with zero attached hydrogens (tertiary/aromatic N) is 4. The first-order chi connectivity index (χ1) is 13.8. The lowest BCUT2D eigenvalue weighted by Crippen LogP contribution is -2.44. The summed E-state index contributed by atoms with van der Waals surface area (Å²) >= 11 is 0. The van der Waals surface area contributed by atoms with Crippen molar-refractivity contribution >= 4 is 5.91 Å². The molecule has 0 unspecified atom stereocenters. The molecule has 3 aromatic rings. The highest BCUT2D eigenvalue weighted by atomic mass is 16.1. The smallest absolute Gasteiger partial charge is 0.251 e. The topological polar surface area (TPSA) is 63.1 Å². The van der Waals surface area contributed by atoms with E-state index in [1.807, 2.05) is 59.5 Å². The average Bonchev–Trinajstić information content (AvgIpc) is 3.23. The Balaban J connectivity index is 1.28. The maximum atomic E-state index is 12.7. The first-order valence-corrected chi connectivity index (χ1v) is 9.76. The minimum Gasteiger partial charge on any atom is -0.349 e. The fourth-order valence-corrected chi connectivity index (χ4v) is 3.62. The molecule has 1 aliphatic heterocycles. The lowest BCUT2D eigenvalue weighted by molar-refractivity contribution is 0.0908. The quantitative estimate of drug-likeness (QED) is 0.720. The number of piperidine rings is 1. The van der Waals surface area contributed by atoms with Crippen LogP contribution in [0.5, 0.6) is 0 Å². The number of hydrogen-bond acceptors (Lipinski definition) is 4. The number of hydrogen-bond donors (Lipinski definition) is 1. The Morgan fingerprint density at radius 3 is 2.68 bits per heavy atom.